The summed E-state index contributed by atoms with van der Waals surface area (Å²) in [6.45, 7) is 2.65. The van der Waals surface area contributed by atoms with Gasteiger partial charge in [0.2, 0.25) is 0 Å². The van der Waals surface area contributed by atoms with Crippen LogP contribution in [-0.4, -0.2) is 10.5 Å². The molecule has 3 aromatic rings. The summed E-state index contributed by atoms with van der Waals surface area (Å²) in [5.74, 6) is -1.58. The summed E-state index contributed by atoms with van der Waals surface area (Å²) in [6.07, 6.45) is 0.838. The van der Waals surface area contributed by atoms with E-state index in [2.05, 4.69) is 4.99 Å². The first-order chi connectivity index (χ1) is 11.1. The first-order valence-electron chi connectivity index (χ1n) is 7.22. The van der Waals surface area contributed by atoms with E-state index in [1.807, 2.05) is 11.5 Å². The second-order valence-corrected chi connectivity index (χ2v) is 6.05. The lowest BCUT2D eigenvalue weighted by Gasteiger charge is -2.02. The fraction of sp³-hybridized carbons (Fsp3) is 0.176. The van der Waals surface area contributed by atoms with E-state index >= 15 is 0 Å². The van der Waals surface area contributed by atoms with Crippen LogP contribution in [0, 0.1) is 11.6 Å². The average Bonchev–Trinajstić information content (AvgIpc) is 2.84. The first-order valence-corrected chi connectivity index (χ1v) is 8.04. The second kappa shape index (κ2) is 6.42. The molecule has 0 radical (unpaired) electrons. The fourth-order valence-electron chi connectivity index (χ4n) is 2.35. The summed E-state index contributed by atoms with van der Waals surface area (Å²) in [6, 6.07) is 10.2. The lowest BCUT2D eigenvalue weighted by molar-refractivity contribution is 0.0994. The Morgan fingerprint density at radius 2 is 2.00 bits per heavy atom. The van der Waals surface area contributed by atoms with E-state index in [4.69, 9.17) is 0 Å². The fourth-order valence-corrected chi connectivity index (χ4v) is 3.43. The monoisotopic (exact) mass is 332 g/mol. The van der Waals surface area contributed by atoms with E-state index in [1.54, 1.807) is 12.1 Å². The molecule has 0 fully saturated rings. The Hall–Kier alpha value is -2.34. The first kappa shape index (κ1) is 15.6. The molecule has 2 aromatic carbocycles. The summed E-state index contributed by atoms with van der Waals surface area (Å²) in [5, 5.41) is 0. The molecule has 1 aromatic heterocycles. The van der Waals surface area contributed by atoms with Crippen molar-refractivity contribution in [3.05, 3.63) is 64.5 Å². The van der Waals surface area contributed by atoms with Crippen LogP contribution in [0.1, 0.15) is 23.7 Å². The van der Waals surface area contributed by atoms with Crippen molar-refractivity contribution in [1.82, 2.24) is 4.57 Å². The molecule has 1 heterocycles. The number of thiazole rings is 1. The molecule has 0 unspecified atom stereocenters. The van der Waals surface area contributed by atoms with Crippen LogP contribution in [-0.2, 0) is 6.54 Å². The summed E-state index contributed by atoms with van der Waals surface area (Å²) in [4.78, 5) is 16.7. The Morgan fingerprint density at radius 3 is 2.74 bits per heavy atom. The zero-order valence-corrected chi connectivity index (χ0v) is 13.2. The molecule has 0 saturated heterocycles. The molecule has 0 aliphatic heterocycles. The molecule has 3 nitrogen and oxygen atoms in total. The number of halogens is 2. The van der Waals surface area contributed by atoms with Crippen LogP contribution in [0.15, 0.2) is 47.5 Å². The number of amides is 1. The predicted octanol–water partition coefficient (Wildman–Crippen LogP) is 4.13. The normalized spacial score (nSPS) is 12.0. The maximum atomic E-state index is 13.7. The highest BCUT2D eigenvalue weighted by Crippen LogP contribution is 2.19. The SMILES string of the molecule is CCCn1c(=NC(=O)c2ccccc2F)sc2cc(F)ccc21. The van der Waals surface area contributed by atoms with Gasteiger partial charge in [0.15, 0.2) is 4.80 Å². The van der Waals surface area contributed by atoms with Gasteiger partial charge in [0.25, 0.3) is 5.91 Å². The zero-order valence-electron chi connectivity index (χ0n) is 12.4. The number of fused-ring (bicyclic) bond motifs is 1. The van der Waals surface area contributed by atoms with E-state index in [0.29, 0.717) is 16.0 Å². The van der Waals surface area contributed by atoms with E-state index < -0.39 is 11.7 Å². The largest absolute Gasteiger partial charge is 0.316 e. The number of benzene rings is 2. The number of carbonyl (C=O) groups is 1. The molecule has 0 aliphatic rings. The second-order valence-electron chi connectivity index (χ2n) is 5.05. The Kier molecular flexibility index (Phi) is 4.34. The van der Waals surface area contributed by atoms with Crippen molar-refractivity contribution in [2.24, 2.45) is 4.99 Å². The Labute approximate surface area is 135 Å². The lowest BCUT2D eigenvalue weighted by atomic mass is 10.2. The van der Waals surface area contributed by atoms with Crippen LogP contribution in [0.4, 0.5) is 8.78 Å². The standard InChI is InChI=1S/C17H14F2N2OS/c1-2-9-21-14-8-7-11(18)10-15(14)23-17(21)20-16(22)12-5-3-4-6-13(12)19/h3-8,10H,2,9H2,1H3. The van der Waals surface area contributed by atoms with E-state index in [1.165, 1.54) is 41.7 Å². The number of carbonyl (C=O) groups excluding carboxylic acids is 1. The van der Waals surface area contributed by atoms with Gasteiger partial charge in [-0.3, -0.25) is 4.79 Å². The molecular weight excluding hydrogens is 318 g/mol. The number of hydrogen-bond acceptors (Lipinski definition) is 2. The van der Waals surface area contributed by atoms with Gasteiger partial charge >= 0.3 is 0 Å². The van der Waals surface area contributed by atoms with Gasteiger partial charge in [0, 0.05) is 6.54 Å². The molecule has 0 aliphatic carbocycles. The topological polar surface area (TPSA) is 34.4 Å². The molecule has 3 rings (SSSR count). The van der Waals surface area contributed by atoms with Crippen molar-refractivity contribution in [3.8, 4) is 0 Å². The quantitative estimate of drug-likeness (QED) is 0.710. The highest BCUT2D eigenvalue weighted by atomic mass is 32.1. The molecule has 0 atom stereocenters. The van der Waals surface area contributed by atoms with E-state index in [0.717, 1.165) is 11.9 Å². The minimum absolute atomic E-state index is 0.0702. The third kappa shape index (κ3) is 3.07. The summed E-state index contributed by atoms with van der Waals surface area (Å²) in [7, 11) is 0. The van der Waals surface area contributed by atoms with Crippen molar-refractivity contribution in [1.29, 1.82) is 0 Å². The van der Waals surface area contributed by atoms with Crippen LogP contribution in [0.2, 0.25) is 0 Å². The molecular formula is C17H14F2N2OS. The third-order valence-electron chi connectivity index (χ3n) is 3.39. The van der Waals surface area contributed by atoms with Gasteiger partial charge in [-0.2, -0.15) is 4.99 Å². The van der Waals surface area contributed by atoms with Gasteiger partial charge in [-0.05, 0) is 36.8 Å². The predicted molar refractivity (Wildman–Crippen MR) is 86.4 cm³/mol. The number of aromatic nitrogens is 1. The van der Waals surface area contributed by atoms with Crippen LogP contribution in [0.5, 0.6) is 0 Å². The third-order valence-corrected chi connectivity index (χ3v) is 4.43. The smallest absolute Gasteiger partial charge is 0.282 e. The Bertz CT molecular complexity index is 943. The zero-order chi connectivity index (χ0) is 16.4. The Morgan fingerprint density at radius 1 is 1.22 bits per heavy atom. The van der Waals surface area contributed by atoms with Crippen LogP contribution >= 0.6 is 11.3 Å². The van der Waals surface area contributed by atoms with E-state index in [-0.39, 0.29) is 11.4 Å². The highest BCUT2D eigenvalue weighted by molar-refractivity contribution is 7.16. The van der Waals surface area contributed by atoms with Crippen molar-refractivity contribution in [2.45, 2.75) is 19.9 Å². The molecule has 0 N–H and O–H groups in total. The molecule has 118 valence electrons. The summed E-state index contributed by atoms with van der Waals surface area (Å²) in [5.41, 5.74) is 0.748. The number of hydrogen-bond donors (Lipinski definition) is 0. The molecule has 1 amide bonds. The number of aryl methyl sites for hydroxylation is 1. The maximum Gasteiger partial charge on any atom is 0.282 e. The van der Waals surface area contributed by atoms with Crippen LogP contribution in [0.3, 0.4) is 0 Å². The number of rotatable bonds is 3. The summed E-state index contributed by atoms with van der Waals surface area (Å²) < 4.78 is 29.7. The van der Waals surface area contributed by atoms with Gasteiger partial charge in [-0.1, -0.05) is 30.4 Å². The van der Waals surface area contributed by atoms with Gasteiger partial charge < -0.3 is 4.57 Å². The minimum Gasteiger partial charge on any atom is -0.316 e. The van der Waals surface area contributed by atoms with Crippen molar-refractivity contribution in [2.75, 3.05) is 0 Å². The number of nitrogens with zero attached hydrogens (tertiary/aromatic N) is 2. The lowest BCUT2D eigenvalue weighted by Crippen LogP contribution is -2.17. The van der Waals surface area contributed by atoms with Gasteiger partial charge in [-0.15, -0.1) is 0 Å². The molecule has 6 heteroatoms. The molecule has 0 bridgehead atoms. The Balaban J connectivity index is 2.16. The van der Waals surface area contributed by atoms with Crippen molar-refractivity contribution >= 4 is 27.5 Å². The van der Waals surface area contributed by atoms with Crippen LogP contribution in [0.25, 0.3) is 10.2 Å². The van der Waals surface area contributed by atoms with Gasteiger partial charge in [0.05, 0.1) is 15.8 Å². The average molecular weight is 332 g/mol. The maximum absolute atomic E-state index is 13.7. The van der Waals surface area contributed by atoms with Crippen molar-refractivity contribution < 1.29 is 13.6 Å². The van der Waals surface area contributed by atoms with Crippen molar-refractivity contribution in [3.63, 3.8) is 0 Å². The van der Waals surface area contributed by atoms with E-state index in [9.17, 15) is 13.6 Å². The molecule has 23 heavy (non-hydrogen) atoms. The van der Waals surface area contributed by atoms with Crippen LogP contribution < -0.4 is 4.80 Å². The minimum atomic E-state index is -0.639. The molecule has 0 saturated carbocycles. The highest BCUT2D eigenvalue weighted by Gasteiger charge is 2.12. The van der Waals surface area contributed by atoms with Gasteiger partial charge in [-0.25, -0.2) is 8.78 Å². The van der Waals surface area contributed by atoms with Gasteiger partial charge in [0.1, 0.15) is 11.6 Å². The molecule has 0 spiro atoms. The summed E-state index contributed by atoms with van der Waals surface area (Å²) >= 11 is 1.22.